The Morgan fingerprint density at radius 3 is 2.27 bits per heavy atom. The third-order valence-electron chi connectivity index (χ3n) is 2.83. The summed E-state index contributed by atoms with van der Waals surface area (Å²) in [5.41, 5.74) is 0. The van der Waals surface area contributed by atoms with Gasteiger partial charge in [0.15, 0.2) is 0 Å². The van der Waals surface area contributed by atoms with Crippen molar-refractivity contribution in [2.45, 2.75) is 38.5 Å². The Labute approximate surface area is 92.4 Å². The molecule has 1 fully saturated rings. The van der Waals surface area contributed by atoms with Gasteiger partial charge in [0.1, 0.15) is 0 Å². The molecule has 4 nitrogen and oxygen atoms in total. The fourth-order valence-electron chi connectivity index (χ4n) is 1.98. The van der Waals surface area contributed by atoms with Gasteiger partial charge in [-0.25, -0.2) is 0 Å². The molecule has 1 rings (SSSR count). The Kier molecular flexibility index (Phi) is 5.56. The zero-order valence-corrected chi connectivity index (χ0v) is 10.0. The molecule has 0 aliphatic carbocycles. The normalized spacial score (nSPS) is 19.3. The highest BCUT2D eigenvalue weighted by Gasteiger charge is 2.09. The molecule has 90 valence electrons. The van der Waals surface area contributed by atoms with E-state index in [9.17, 15) is 8.42 Å². The second-order valence-electron chi connectivity index (χ2n) is 4.25. The summed E-state index contributed by atoms with van der Waals surface area (Å²) in [4.78, 5) is 2.44. The van der Waals surface area contributed by atoms with Crippen LogP contribution in [-0.4, -0.2) is 43.3 Å². The number of hydrogen-bond donors (Lipinski definition) is 1. The van der Waals surface area contributed by atoms with Crippen molar-refractivity contribution in [3.05, 3.63) is 0 Å². The average molecular weight is 235 g/mol. The van der Waals surface area contributed by atoms with Crippen molar-refractivity contribution in [3.8, 4) is 0 Å². The van der Waals surface area contributed by atoms with Crippen molar-refractivity contribution in [2.75, 3.05) is 25.4 Å². The van der Waals surface area contributed by atoms with Crippen LogP contribution in [0.3, 0.4) is 0 Å². The molecule has 0 unspecified atom stereocenters. The predicted molar refractivity (Wildman–Crippen MR) is 60.6 cm³/mol. The molecule has 0 atom stereocenters. The average Bonchev–Trinajstić information content (AvgIpc) is 2.17. The first-order chi connectivity index (χ1) is 7.08. The van der Waals surface area contributed by atoms with Gasteiger partial charge in [-0.2, -0.15) is 8.42 Å². The molecule has 0 aromatic carbocycles. The van der Waals surface area contributed by atoms with Gasteiger partial charge in [0.25, 0.3) is 10.1 Å². The van der Waals surface area contributed by atoms with E-state index in [1.54, 1.807) is 0 Å². The molecule has 0 amide bonds. The van der Waals surface area contributed by atoms with Gasteiger partial charge in [-0.1, -0.05) is 12.8 Å². The van der Waals surface area contributed by atoms with Crippen LogP contribution >= 0.6 is 0 Å². The fourth-order valence-corrected chi connectivity index (χ4v) is 2.55. The minimum absolute atomic E-state index is 0.0903. The Morgan fingerprint density at radius 1 is 1.00 bits per heavy atom. The Morgan fingerprint density at radius 2 is 1.67 bits per heavy atom. The van der Waals surface area contributed by atoms with Gasteiger partial charge in [-0.3, -0.25) is 4.55 Å². The monoisotopic (exact) mass is 235 g/mol. The highest BCUT2D eigenvalue weighted by atomic mass is 32.2. The van der Waals surface area contributed by atoms with Crippen LogP contribution in [0.25, 0.3) is 0 Å². The third kappa shape index (κ3) is 6.87. The predicted octanol–water partition coefficient (Wildman–Crippen LogP) is 1.53. The Balaban J connectivity index is 1.96. The maximum absolute atomic E-state index is 10.4. The standard InChI is InChI=1S/C10H21NO3S/c12-15(13,14)10-6-2-5-9-11-7-3-1-4-8-11/h1-10H2,(H,12,13,14). The van der Waals surface area contributed by atoms with Gasteiger partial charge in [0.2, 0.25) is 0 Å². The SMILES string of the molecule is O=S(=O)(O)CCCCCN1CCCCC1. The number of rotatable bonds is 6. The van der Waals surface area contributed by atoms with E-state index in [-0.39, 0.29) is 5.75 Å². The van der Waals surface area contributed by atoms with E-state index in [4.69, 9.17) is 4.55 Å². The van der Waals surface area contributed by atoms with Crippen molar-refractivity contribution in [2.24, 2.45) is 0 Å². The maximum Gasteiger partial charge on any atom is 0.264 e. The lowest BCUT2D eigenvalue weighted by atomic mass is 10.1. The van der Waals surface area contributed by atoms with Gasteiger partial charge >= 0.3 is 0 Å². The minimum Gasteiger partial charge on any atom is -0.303 e. The molecule has 0 saturated carbocycles. The van der Waals surface area contributed by atoms with Crippen LogP contribution < -0.4 is 0 Å². The van der Waals surface area contributed by atoms with Gasteiger partial charge in [-0.05, 0) is 45.3 Å². The first-order valence-corrected chi connectivity index (χ1v) is 7.36. The van der Waals surface area contributed by atoms with Crippen LogP contribution in [0.2, 0.25) is 0 Å². The van der Waals surface area contributed by atoms with E-state index in [0.29, 0.717) is 6.42 Å². The summed E-state index contributed by atoms with van der Waals surface area (Å²) >= 11 is 0. The topological polar surface area (TPSA) is 57.6 Å². The highest BCUT2D eigenvalue weighted by Crippen LogP contribution is 2.10. The molecular formula is C10H21NO3S. The fraction of sp³-hybridized carbons (Fsp3) is 1.00. The molecule has 1 heterocycles. The zero-order chi connectivity index (χ0) is 11.1. The van der Waals surface area contributed by atoms with Gasteiger partial charge in [0.05, 0.1) is 5.75 Å². The van der Waals surface area contributed by atoms with Crippen molar-refractivity contribution < 1.29 is 13.0 Å². The zero-order valence-electron chi connectivity index (χ0n) is 9.19. The van der Waals surface area contributed by atoms with Gasteiger partial charge in [0, 0.05) is 0 Å². The quantitative estimate of drug-likeness (QED) is 0.560. The van der Waals surface area contributed by atoms with E-state index < -0.39 is 10.1 Å². The van der Waals surface area contributed by atoms with E-state index in [2.05, 4.69) is 4.90 Å². The largest absolute Gasteiger partial charge is 0.303 e. The van der Waals surface area contributed by atoms with Crippen molar-refractivity contribution in [3.63, 3.8) is 0 Å². The third-order valence-corrected chi connectivity index (χ3v) is 3.63. The van der Waals surface area contributed by atoms with Crippen LogP contribution in [0.1, 0.15) is 38.5 Å². The molecule has 15 heavy (non-hydrogen) atoms. The first-order valence-electron chi connectivity index (χ1n) is 5.75. The molecule has 1 N–H and O–H groups in total. The second kappa shape index (κ2) is 6.45. The van der Waals surface area contributed by atoms with Crippen molar-refractivity contribution >= 4 is 10.1 Å². The lowest BCUT2D eigenvalue weighted by molar-refractivity contribution is 0.224. The summed E-state index contributed by atoms with van der Waals surface area (Å²) in [5.74, 6) is -0.0903. The molecule has 1 aliphatic rings. The summed E-state index contributed by atoms with van der Waals surface area (Å²) in [5, 5.41) is 0. The van der Waals surface area contributed by atoms with Crippen LogP contribution in [0.4, 0.5) is 0 Å². The number of piperidine rings is 1. The van der Waals surface area contributed by atoms with E-state index in [1.807, 2.05) is 0 Å². The summed E-state index contributed by atoms with van der Waals surface area (Å²) in [6.45, 7) is 3.46. The molecule has 0 spiro atoms. The summed E-state index contributed by atoms with van der Waals surface area (Å²) in [7, 11) is -3.74. The number of hydrogen-bond acceptors (Lipinski definition) is 3. The Bertz CT molecular complexity index is 258. The molecule has 0 bridgehead atoms. The Hall–Kier alpha value is -0.130. The smallest absolute Gasteiger partial charge is 0.264 e. The van der Waals surface area contributed by atoms with Gasteiger partial charge < -0.3 is 4.90 Å². The maximum atomic E-state index is 10.4. The van der Waals surface area contributed by atoms with Gasteiger partial charge in [-0.15, -0.1) is 0 Å². The molecule has 0 aromatic heterocycles. The van der Waals surface area contributed by atoms with Crippen LogP contribution in [0.15, 0.2) is 0 Å². The van der Waals surface area contributed by atoms with Crippen LogP contribution in [0.5, 0.6) is 0 Å². The lowest BCUT2D eigenvalue weighted by Crippen LogP contribution is -2.30. The van der Waals surface area contributed by atoms with E-state index in [1.165, 1.54) is 32.4 Å². The lowest BCUT2D eigenvalue weighted by Gasteiger charge is -2.26. The summed E-state index contributed by atoms with van der Waals surface area (Å²) in [6, 6.07) is 0. The molecule has 0 aromatic rings. The number of nitrogens with zero attached hydrogens (tertiary/aromatic N) is 1. The molecule has 1 saturated heterocycles. The van der Waals surface area contributed by atoms with Crippen molar-refractivity contribution in [1.29, 1.82) is 0 Å². The number of unbranched alkanes of at least 4 members (excludes halogenated alkanes) is 2. The van der Waals surface area contributed by atoms with Crippen molar-refractivity contribution in [1.82, 2.24) is 4.90 Å². The molecule has 1 aliphatic heterocycles. The highest BCUT2D eigenvalue weighted by molar-refractivity contribution is 7.85. The minimum atomic E-state index is -3.74. The molecule has 0 radical (unpaired) electrons. The second-order valence-corrected chi connectivity index (χ2v) is 5.82. The summed E-state index contributed by atoms with van der Waals surface area (Å²) in [6.07, 6.45) is 6.44. The van der Waals surface area contributed by atoms with E-state index in [0.717, 1.165) is 19.4 Å². The number of likely N-dealkylation sites (tertiary alicyclic amines) is 1. The molecular weight excluding hydrogens is 214 g/mol. The van der Waals surface area contributed by atoms with E-state index >= 15 is 0 Å². The first kappa shape index (κ1) is 12.9. The molecule has 5 heteroatoms. The van der Waals surface area contributed by atoms with Crippen LogP contribution in [0, 0.1) is 0 Å². The summed E-state index contributed by atoms with van der Waals surface area (Å²) < 4.78 is 29.4. The van der Waals surface area contributed by atoms with Crippen LogP contribution in [-0.2, 0) is 10.1 Å².